The fourth-order valence-electron chi connectivity index (χ4n) is 3.08. The molecule has 0 amide bonds. The number of aryl methyl sites for hydroxylation is 1. The summed E-state index contributed by atoms with van der Waals surface area (Å²) in [5.74, 6) is -0.288. The van der Waals surface area contributed by atoms with Crippen LogP contribution in [0, 0.1) is 5.82 Å². The first-order chi connectivity index (χ1) is 13.6. The number of carbonyl (C=O) groups is 1. The minimum absolute atomic E-state index is 0.215. The van der Waals surface area contributed by atoms with Gasteiger partial charge in [-0.25, -0.2) is 9.18 Å². The van der Waals surface area contributed by atoms with Crippen molar-refractivity contribution in [1.29, 1.82) is 0 Å². The van der Waals surface area contributed by atoms with Crippen LogP contribution in [-0.2, 0) is 17.6 Å². The van der Waals surface area contributed by atoms with E-state index in [2.05, 4.69) is 9.88 Å². The van der Waals surface area contributed by atoms with Crippen molar-refractivity contribution in [2.75, 3.05) is 12.3 Å². The number of halogens is 1. The van der Waals surface area contributed by atoms with Crippen molar-refractivity contribution in [3.05, 3.63) is 89.7 Å². The molecular weight excluding hydrogens is 375 g/mol. The molecule has 1 aliphatic rings. The second-order valence-corrected chi connectivity index (χ2v) is 7.76. The number of hydrogen-bond donors (Lipinski definition) is 1. The molecule has 1 N–H and O–H groups in total. The number of nitrogens with zero attached hydrogens (tertiary/aromatic N) is 2. The Morgan fingerprint density at radius 3 is 2.71 bits per heavy atom. The van der Waals surface area contributed by atoms with Crippen LogP contribution in [0.3, 0.4) is 0 Å². The van der Waals surface area contributed by atoms with Crippen molar-refractivity contribution >= 4 is 17.7 Å². The van der Waals surface area contributed by atoms with E-state index in [1.165, 1.54) is 12.1 Å². The predicted octanol–water partition coefficient (Wildman–Crippen LogP) is 4.30. The Morgan fingerprint density at radius 2 is 2.00 bits per heavy atom. The van der Waals surface area contributed by atoms with Crippen molar-refractivity contribution in [3.63, 3.8) is 0 Å². The Morgan fingerprint density at radius 1 is 1.18 bits per heavy atom. The van der Waals surface area contributed by atoms with Gasteiger partial charge in [0.2, 0.25) is 0 Å². The molecule has 146 valence electrons. The fourth-order valence-corrected chi connectivity index (χ4v) is 4.34. The molecule has 0 saturated heterocycles. The molecule has 6 heteroatoms. The van der Waals surface area contributed by atoms with E-state index in [4.69, 9.17) is 0 Å². The molecule has 1 aromatic carbocycles. The van der Waals surface area contributed by atoms with Crippen molar-refractivity contribution < 1.29 is 14.3 Å². The van der Waals surface area contributed by atoms with Gasteiger partial charge in [-0.05, 0) is 66.5 Å². The smallest absolute Gasteiger partial charge is 0.334 e. The Labute approximate surface area is 168 Å². The molecule has 1 aliphatic heterocycles. The molecule has 0 aliphatic carbocycles. The highest BCUT2D eigenvalue weighted by molar-refractivity contribution is 8.00. The van der Waals surface area contributed by atoms with Crippen LogP contribution in [0.15, 0.2) is 72.7 Å². The van der Waals surface area contributed by atoms with E-state index in [0.29, 0.717) is 5.57 Å². The summed E-state index contributed by atoms with van der Waals surface area (Å²) in [5, 5.41) is 9.37. The maximum absolute atomic E-state index is 13.0. The van der Waals surface area contributed by atoms with Gasteiger partial charge in [-0.15, -0.1) is 11.8 Å². The van der Waals surface area contributed by atoms with Crippen molar-refractivity contribution in [2.45, 2.75) is 24.6 Å². The SMILES string of the molecule is O=C(O)C1=CC=CN(CCc2cccnc2)C1SCCCc1ccc(F)cc1. The molecule has 0 spiro atoms. The van der Waals surface area contributed by atoms with Gasteiger partial charge in [0.05, 0.1) is 5.57 Å². The molecule has 0 bridgehead atoms. The first-order valence-corrected chi connectivity index (χ1v) is 10.3. The molecule has 28 heavy (non-hydrogen) atoms. The Bertz CT molecular complexity index is 837. The first kappa shape index (κ1) is 20.1. The zero-order chi connectivity index (χ0) is 19.8. The molecule has 0 radical (unpaired) electrons. The van der Waals surface area contributed by atoms with Crippen LogP contribution >= 0.6 is 11.8 Å². The Balaban J connectivity index is 1.56. The number of aliphatic carboxylic acids is 1. The second kappa shape index (κ2) is 10.1. The van der Waals surface area contributed by atoms with Gasteiger partial charge < -0.3 is 10.0 Å². The number of benzene rings is 1. The van der Waals surface area contributed by atoms with Gasteiger partial charge in [-0.3, -0.25) is 4.98 Å². The maximum atomic E-state index is 13.0. The molecule has 2 heterocycles. The standard InChI is InChI=1S/C22H23FN2O2S/c23-19-9-7-17(8-10-19)5-3-15-28-21-20(22(26)27)6-2-13-25(21)14-11-18-4-1-12-24-16-18/h1-2,4,6-10,12-13,16,21H,3,5,11,14-15H2,(H,26,27). The summed E-state index contributed by atoms with van der Waals surface area (Å²) in [6.45, 7) is 0.725. The average Bonchev–Trinajstić information content (AvgIpc) is 2.72. The zero-order valence-electron chi connectivity index (χ0n) is 15.5. The molecule has 0 saturated carbocycles. The van der Waals surface area contributed by atoms with Crippen molar-refractivity contribution in [3.8, 4) is 0 Å². The topological polar surface area (TPSA) is 53.4 Å². The highest BCUT2D eigenvalue weighted by Gasteiger charge is 2.27. The van der Waals surface area contributed by atoms with E-state index in [9.17, 15) is 14.3 Å². The largest absolute Gasteiger partial charge is 0.478 e. The number of hydrogen-bond acceptors (Lipinski definition) is 4. The van der Waals surface area contributed by atoms with Gasteiger partial charge in [0, 0.05) is 25.1 Å². The number of thioether (sulfide) groups is 1. The summed E-state index contributed by atoms with van der Waals surface area (Å²) in [6.07, 6.45) is 11.6. The lowest BCUT2D eigenvalue weighted by Crippen LogP contribution is -2.36. The van der Waals surface area contributed by atoms with E-state index in [0.717, 1.165) is 42.7 Å². The molecule has 0 fully saturated rings. The monoisotopic (exact) mass is 398 g/mol. The van der Waals surface area contributed by atoms with E-state index in [1.54, 1.807) is 42.2 Å². The van der Waals surface area contributed by atoms with Gasteiger partial charge in [0.15, 0.2) is 0 Å². The van der Waals surface area contributed by atoms with Crippen molar-refractivity contribution in [1.82, 2.24) is 9.88 Å². The summed E-state index contributed by atoms with van der Waals surface area (Å²) < 4.78 is 13.0. The number of carboxylic acid groups (broad SMARTS) is 1. The average molecular weight is 399 g/mol. The Kier molecular flexibility index (Phi) is 7.25. The van der Waals surface area contributed by atoms with E-state index < -0.39 is 5.97 Å². The molecule has 1 unspecified atom stereocenters. The quantitative estimate of drug-likeness (QED) is 0.639. The van der Waals surface area contributed by atoms with E-state index >= 15 is 0 Å². The molecule has 3 rings (SSSR count). The number of pyridine rings is 1. The second-order valence-electron chi connectivity index (χ2n) is 6.57. The number of allylic oxidation sites excluding steroid dienone is 2. The molecule has 4 nitrogen and oxygen atoms in total. The minimum Gasteiger partial charge on any atom is -0.478 e. The summed E-state index contributed by atoms with van der Waals surface area (Å²) in [6, 6.07) is 10.5. The van der Waals surface area contributed by atoms with Crippen molar-refractivity contribution in [2.24, 2.45) is 0 Å². The lowest BCUT2D eigenvalue weighted by Gasteiger charge is -2.33. The molecular formula is C22H23FN2O2S. The lowest BCUT2D eigenvalue weighted by atomic mass is 10.1. The van der Waals surface area contributed by atoms with Crippen LogP contribution in [0.5, 0.6) is 0 Å². The van der Waals surface area contributed by atoms with Crippen LogP contribution in [0.1, 0.15) is 17.5 Å². The summed E-state index contributed by atoms with van der Waals surface area (Å²) in [4.78, 5) is 17.9. The van der Waals surface area contributed by atoms with Crippen LogP contribution in [0.4, 0.5) is 4.39 Å². The van der Waals surface area contributed by atoms with Crippen LogP contribution < -0.4 is 0 Å². The molecule has 1 aromatic heterocycles. The minimum atomic E-state index is -0.883. The van der Waals surface area contributed by atoms with Crippen LogP contribution in [0.2, 0.25) is 0 Å². The third kappa shape index (κ3) is 5.70. The van der Waals surface area contributed by atoms with Gasteiger partial charge in [0.25, 0.3) is 0 Å². The first-order valence-electron chi connectivity index (χ1n) is 9.26. The lowest BCUT2D eigenvalue weighted by molar-refractivity contribution is -0.133. The Hall–Kier alpha value is -2.60. The number of aromatic nitrogens is 1. The van der Waals surface area contributed by atoms with Gasteiger partial charge in [0.1, 0.15) is 11.2 Å². The van der Waals surface area contributed by atoms with E-state index in [1.807, 2.05) is 24.5 Å². The number of carboxylic acids is 1. The highest BCUT2D eigenvalue weighted by atomic mass is 32.2. The molecule has 1 atom stereocenters. The summed E-state index contributed by atoms with van der Waals surface area (Å²) >= 11 is 1.64. The third-order valence-electron chi connectivity index (χ3n) is 4.55. The zero-order valence-corrected chi connectivity index (χ0v) is 16.3. The highest BCUT2D eigenvalue weighted by Crippen LogP contribution is 2.28. The van der Waals surface area contributed by atoms with Gasteiger partial charge in [-0.1, -0.05) is 18.2 Å². The normalized spacial score (nSPS) is 16.1. The van der Waals surface area contributed by atoms with Gasteiger partial charge in [-0.2, -0.15) is 0 Å². The van der Waals surface area contributed by atoms with Crippen LogP contribution in [0.25, 0.3) is 0 Å². The maximum Gasteiger partial charge on any atom is 0.334 e. The number of rotatable bonds is 9. The van der Waals surface area contributed by atoms with Crippen LogP contribution in [-0.4, -0.2) is 38.6 Å². The predicted molar refractivity (Wildman–Crippen MR) is 110 cm³/mol. The summed E-state index contributed by atoms with van der Waals surface area (Å²) in [7, 11) is 0. The third-order valence-corrected chi connectivity index (χ3v) is 5.91. The molecule has 2 aromatic rings. The van der Waals surface area contributed by atoms with E-state index in [-0.39, 0.29) is 11.2 Å². The fraction of sp³-hybridized carbons (Fsp3) is 0.273. The summed E-state index contributed by atoms with van der Waals surface area (Å²) in [5.41, 5.74) is 2.62. The van der Waals surface area contributed by atoms with Gasteiger partial charge >= 0.3 is 5.97 Å².